The van der Waals surface area contributed by atoms with Crippen molar-refractivity contribution in [3.63, 3.8) is 0 Å². The summed E-state index contributed by atoms with van der Waals surface area (Å²) in [6.07, 6.45) is 2.07. The minimum absolute atomic E-state index is 0.0612. The van der Waals surface area contributed by atoms with Crippen LogP contribution in [0, 0.1) is 10.1 Å². The summed E-state index contributed by atoms with van der Waals surface area (Å²) in [5.41, 5.74) is 2.24. The third-order valence-corrected chi connectivity index (χ3v) is 4.71. The molecule has 1 fully saturated rings. The van der Waals surface area contributed by atoms with E-state index in [2.05, 4.69) is 20.9 Å². The van der Waals surface area contributed by atoms with Gasteiger partial charge in [0.25, 0.3) is 11.6 Å². The van der Waals surface area contributed by atoms with Gasteiger partial charge >= 0.3 is 0 Å². The van der Waals surface area contributed by atoms with E-state index in [-0.39, 0.29) is 17.6 Å². The van der Waals surface area contributed by atoms with Gasteiger partial charge in [0.05, 0.1) is 16.0 Å². The van der Waals surface area contributed by atoms with Crippen LogP contribution in [-0.2, 0) is 0 Å². The smallest absolute Gasteiger partial charge is 0.269 e. The van der Waals surface area contributed by atoms with E-state index in [9.17, 15) is 14.9 Å². The van der Waals surface area contributed by atoms with Crippen molar-refractivity contribution in [1.82, 2.24) is 10.3 Å². The predicted octanol–water partition coefficient (Wildman–Crippen LogP) is 3.56. The second-order valence-electron chi connectivity index (χ2n) is 6.98. The van der Waals surface area contributed by atoms with Crippen molar-refractivity contribution >= 4 is 34.0 Å². The number of benzene rings is 2. The number of nitro groups is 1. The molecule has 0 bridgehead atoms. The van der Waals surface area contributed by atoms with E-state index in [1.54, 1.807) is 18.2 Å². The van der Waals surface area contributed by atoms with Gasteiger partial charge in [-0.1, -0.05) is 18.2 Å². The number of nitro benzene ring substituents is 1. The van der Waals surface area contributed by atoms with Gasteiger partial charge in [0.1, 0.15) is 5.82 Å². The normalized spacial score (nSPS) is 13.1. The summed E-state index contributed by atoms with van der Waals surface area (Å²) in [6.45, 7) is 1.17. The third-order valence-electron chi connectivity index (χ3n) is 4.71. The summed E-state index contributed by atoms with van der Waals surface area (Å²) in [5, 5.41) is 21.0. The molecule has 1 aromatic heterocycles. The Morgan fingerprint density at radius 1 is 1.07 bits per heavy atom. The highest BCUT2D eigenvalue weighted by Gasteiger charge is 2.25. The zero-order chi connectivity index (χ0) is 20.2. The molecule has 29 heavy (non-hydrogen) atoms. The summed E-state index contributed by atoms with van der Waals surface area (Å²) in [6, 6.07) is 15.9. The monoisotopic (exact) mass is 391 g/mol. The minimum atomic E-state index is -0.423. The largest absolute Gasteiger partial charge is 0.383 e. The fraction of sp³-hybridized carbons (Fsp3) is 0.238. The lowest BCUT2D eigenvalue weighted by Gasteiger charge is -2.12. The van der Waals surface area contributed by atoms with Crippen molar-refractivity contribution in [2.75, 3.05) is 23.7 Å². The molecule has 0 spiro atoms. The molecule has 3 aromatic rings. The number of carbonyl (C=O) groups excluding carboxylic acids is 1. The van der Waals surface area contributed by atoms with Gasteiger partial charge in [-0.15, -0.1) is 0 Å². The summed E-state index contributed by atoms with van der Waals surface area (Å²) in [5.74, 6) is 0.563. The van der Waals surface area contributed by atoms with E-state index in [0.29, 0.717) is 24.5 Å². The Morgan fingerprint density at radius 2 is 1.79 bits per heavy atom. The SMILES string of the molecule is O=C(NC1CC1)c1cc(NCCNc2ccc([N+](=O)[O-])cc2)nc2ccccc12. The molecule has 2 aromatic carbocycles. The predicted molar refractivity (Wildman–Crippen MR) is 112 cm³/mol. The number of hydrogen-bond acceptors (Lipinski definition) is 6. The fourth-order valence-electron chi connectivity index (χ4n) is 3.04. The first kappa shape index (κ1) is 18.7. The number of para-hydroxylation sites is 1. The highest BCUT2D eigenvalue weighted by molar-refractivity contribution is 6.07. The maximum atomic E-state index is 12.6. The lowest BCUT2D eigenvalue weighted by molar-refractivity contribution is -0.384. The van der Waals surface area contributed by atoms with Crippen LogP contribution >= 0.6 is 0 Å². The number of aromatic nitrogens is 1. The van der Waals surface area contributed by atoms with Gasteiger partial charge in [0.15, 0.2) is 0 Å². The van der Waals surface area contributed by atoms with E-state index in [0.717, 1.165) is 29.4 Å². The van der Waals surface area contributed by atoms with Gasteiger partial charge in [0, 0.05) is 42.3 Å². The number of amides is 1. The van der Waals surface area contributed by atoms with E-state index in [1.165, 1.54) is 12.1 Å². The molecule has 8 heteroatoms. The van der Waals surface area contributed by atoms with Crippen LogP contribution in [-0.4, -0.2) is 34.9 Å². The van der Waals surface area contributed by atoms with E-state index in [4.69, 9.17) is 0 Å². The Hall–Kier alpha value is -3.68. The number of rotatable bonds is 8. The molecule has 0 atom stereocenters. The molecule has 3 N–H and O–H groups in total. The van der Waals surface area contributed by atoms with E-state index < -0.39 is 4.92 Å². The molecular weight excluding hydrogens is 370 g/mol. The minimum Gasteiger partial charge on any atom is -0.383 e. The molecular formula is C21H21N5O3. The van der Waals surface area contributed by atoms with Crippen LogP contribution in [0.3, 0.4) is 0 Å². The molecule has 0 unspecified atom stereocenters. The van der Waals surface area contributed by atoms with Crippen LogP contribution < -0.4 is 16.0 Å². The summed E-state index contributed by atoms with van der Waals surface area (Å²) < 4.78 is 0. The van der Waals surface area contributed by atoms with Gasteiger partial charge in [-0.05, 0) is 37.1 Å². The fourth-order valence-corrected chi connectivity index (χ4v) is 3.04. The van der Waals surface area contributed by atoms with Crippen molar-refractivity contribution in [2.24, 2.45) is 0 Å². The Kier molecular flexibility index (Phi) is 5.24. The number of hydrogen-bond donors (Lipinski definition) is 3. The first-order valence-corrected chi connectivity index (χ1v) is 9.53. The number of anilines is 2. The molecule has 8 nitrogen and oxygen atoms in total. The van der Waals surface area contributed by atoms with E-state index >= 15 is 0 Å². The van der Waals surface area contributed by atoms with Gasteiger partial charge in [0.2, 0.25) is 0 Å². The number of carbonyl (C=O) groups is 1. The van der Waals surface area contributed by atoms with Gasteiger partial charge in [-0.2, -0.15) is 0 Å². The molecule has 1 aliphatic rings. The number of nitrogens with zero attached hydrogens (tertiary/aromatic N) is 2. The number of pyridine rings is 1. The Labute approximate surface area is 167 Å². The second kappa shape index (κ2) is 8.14. The van der Waals surface area contributed by atoms with Crippen LogP contribution in [0.1, 0.15) is 23.2 Å². The molecule has 1 amide bonds. The lowest BCUT2D eigenvalue weighted by Crippen LogP contribution is -2.26. The van der Waals surface area contributed by atoms with Crippen molar-refractivity contribution in [2.45, 2.75) is 18.9 Å². The van der Waals surface area contributed by atoms with Gasteiger partial charge in [-0.3, -0.25) is 14.9 Å². The molecule has 1 aliphatic carbocycles. The summed E-state index contributed by atoms with van der Waals surface area (Å²) in [7, 11) is 0. The first-order valence-electron chi connectivity index (χ1n) is 9.53. The van der Waals surface area contributed by atoms with Crippen molar-refractivity contribution in [3.8, 4) is 0 Å². The quantitative estimate of drug-likeness (QED) is 0.308. The Bertz CT molecular complexity index is 1050. The standard InChI is InChI=1S/C21H21N5O3/c27-21(24-15-5-6-15)18-13-20(25-19-4-2-1-3-17(18)19)23-12-11-22-14-7-9-16(10-8-14)26(28)29/h1-4,7-10,13,15,22H,5-6,11-12H2,(H,23,25)(H,24,27). The highest BCUT2D eigenvalue weighted by atomic mass is 16.6. The zero-order valence-electron chi connectivity index (χ0n) is 15.7. The average Bonchev–Trinajstić information content (AvgIpc) is 3.55. The van der Waals surface area contributed by atoms with Crippen molar-refractivity contribution in [3.05, 3.63) is 70.3 Å². The van der Waals surface area contributed by atoms with Crippen LogP contribution in [0.25, 0.3) is 10.9 Å². The van der Waals surface area contributed by atoms with Crippen molar-refractivity contribution in [1.29, 1.82) is 0 Å². The van der Waals surface area contributed by atoms with Crippen molar-refractivity contribution < 1.29 is 9.72 Å². The molecule has 1 saturated carbocycles. The first-order chi connectivity index (χ1) is 14.1. The van der Waals surface area contributed by atoms with Gasteiger partial charge < -0.3 is 16.0 Å². The zero-order valence-corrected chi connectivity index (χ0v) is 15.7. The molecule has 1 heterocycles. The highest BCUT2D eigenvalue weighted by Crippen LogP contribution is 2.24. The number of non-ortho nitro benzene ring substituents is 1. The molecule has 0 aliphatic heterocycles. The lowest BCUT2D eigenvalue weighted by atomic mass is 10.1. The van der Waals surface area contributed by atoms with Crippen LogP contribution in [0.4, 0.5) is 17.2 Å². The summed E-state index contributed by atoms with van der Waals surface area (Å²) >= 11 is 0. The maximum absolute atomic E-state index is 12.6. The van der Waals surface area contributed by atoms with Crippen LogP contribution in [0.5, 0.6) is 0 Å². The molecule has 0 saturated heterocycles. The van der Waals surface area contributed by atoms with Gasteiger partial charge in [-0.25, -0.2) is 4.98 Å². The average molecular weight is 391 g/mol. The third kappa shape index (κ3) is 4.60. The summed E-state index contributed by atoms with van der Waals surface area (Å²) in [4.78, 5) is 27.5. The molecule has 0 radical (unpaired) electrons. The van der Waals surface area contributed by atoms with Crippen LogP contribution in [0.2, 0.25) is 0 Å². The van der Waals surface area contributed by atoms with E-state index in [1.807, 2.05) is 24.3 Å². The maximum Gasteiger partial charge on any atom is 0.269 e. The molecule has 148 valence electrons. The number of nitrogens with one attached hydrogen (secondary N) is 3. The topological polar surface area (TPSA) is 109 Å². The van der Waals surface area contributed by atoms with Crippen LogP contribution in [0.15, 0.2) is 54.6 Å². The Balaban J connectivity index is 1.41. The molecule has 4 rings (SSSR count). The number of fused-ring (bicyclic) bond motifs is 1. The second-order valence-corrected chi connectivity index (χ2v) is 6.98. The Morgan fingerprint density at radius 3 is 2.52 bits per heavy atom.